The summed E-state index contributed by atoms with van der Waals surface area (Å²) in [5.74, 6) is 0. The second-order valence-electron chi connectivity index (χ2n) is 3.36. The van der Waals surface area contributed by atoms with Gasteiger partial charge in [0.15, 0.2) is 0 Å². The molecule has 0 heterocycles. The van der Waals surface area contributed by atoms with Crippen LogP contribution in [0, 0.1) is 0 Å². The molecule has 2 nitrogen and oxygen atoms in total. The molecule has 78 valence electrons. The molecule has 0 amide bonds. The van der Waals surface area contributed by atoms with Gasteiger partial charge in [-0.05, 0) is 24.6 Å². The molecule has 1 aromatic carbocycles. The fourth-order valence-electron chi connectivity index (χ4n) is 1.20. The Morgan fingerprint density at radius 2 is 2.00 bits per heavy atom. The molecule has 0 aliphatic rings. The zero-order chi connectivity index (χ0) is 10.4. The fourth-order valence-corrected chi connectivity index (χ4v) is 1.33. The second kappa shape index (κ2) is 6.02. The van der Waals surface area contributed by atoms with Gasteiger partial charge in [-0.15, -0.1) is 0 Å². The van der Waals surface area contributed by atoms with E-state index >= 15 is 0 Å². The lowest BCUT2D eigenvalue weighted by Crippen LogP contribution is -2.29. The zero-order valence-electron chi connectivity index (χ0n) is 8.59. The van der Waals surface area contributed by atoms with Gasteiger partial charge in [-0.2, -0.15) is 0 Å². The van der Waals surface area contributed by atoms with Crippen LogP contribution in [0.3, 0.4) is 0 Å². The van der Waals surface area contributed by atoms with E-state index in [1.54, 1.807) is 7.11 Å². The van der Waals surface area contributed by atoms with E-state index in [4.69, 9.17) is 16.3 Å². The number of rotatable bonds is 5. The topological polar surface area (TPSA) is 21.3 Å². The standard InChI is InChI=1S/C11H16ClNO/c1-9(8-14-2)13-7-10-3-5-11(12)6-4-10/h3-6,9,13H,7-8H2,1-2H3/t9-/m1/s1. The predicted molar refractivity (Wildman–Crippen MR) is 59.6 cm³/mol. The van der Waals surface area contributed by atoms with Crippen LogP contribution in [-0.2, 0) is 11.3 Å². The van der Waals surface area contributed by atoms with Crippen molar-refractivity contribution in [2.24, 2.45) is 0 Å². The van der Waals surface area contributed by atoms with Crippen LogP contribution in [0.5, 0.6) is 0 Å². The Labute approximate surface area is 90.2 Å². The minimum atomic E-state index is 0.371. The van der Waals surface area contributed by atoms with Crippen molar-refractivity contribution in [3.8, 4) is 0 Å². The summed E-state index contributed by atoms with van der Waals surface area (Å²) in [6.07, 6.45) is 0. The van der Waals surface area contributed by atoms with E-state index in [1.807, 2.05) is 24.3 Å². The number of methoxy groups -OCH3 is 1. The molecule has 0 fully saturated rings. The van der Waals surface area contributed by atoms with E-state index in [9.17, 15) is 0 Å². The lowest BCUT2D eigenvalue weighted by atomic mass is 10.2. The summed E-state index contributed by atoms with van der Waals surface area (Å²) in [7, 11) is 1.71. The van der Waals surface area contributed by atoms with E-state index in [0.717, 1.165) is 18.2 Å². The molecular formula is C11H16ClNO. The molecule has 3 heteroatoms. The average molecular weight is 214 g/mol. The quantitative estimate of drug-likeness (QED) is 0.812. The number of nitrogens with one attached hydrogen (secondary N) is 1. The minimum Gasteiger partial charge on any atom is -0.383 e. The number of halogens is 1. The maximum atomic E-state index is 5.78. The lowest BCUT2D eigenvalue weighted by Gasteiger charge is -2.12. The normalized spacial score (nSPS) is 12.8. The third-order valence-electron chi connectivity index (χ3n) is 1.98. The van der Waals surface area contributed by atoms with Crippen LogP contribution in [0.25, 0.3) is 0 Å². The van der Waals surface area contributed by atoms with Crippen molar-refractivity contribution in [3.63, 3.8) is 0 Å². The maximum absolute atomic E-state index is 5.78. The minimum absolute atomic E-state index is 0.371. The highest BCUT2D eigenvalue weighted by Crippen LogP contribution is 2.09. The van der Waals surface area contributed by atoms with Gasteiger partial charge in [0.25, 0.3) is 0 Å². The van der Waals surface area contributed by atoms with Crippen LogP contribution >= 0.6 is 11.6 Å². The Bertz CT molecular complexity index is 260. The van der Waals surface area contributed by atoms with Crippen molar-refractivity contribution < 1.29 is 4.74 Å². The molecule has 0 unspecified atom stereocenters. The monoisotopic (exact) mass is 213 g/mol. The Hall–Kier alpha value is -0.570. The number of benzene rings is 1. The van der Waals surface area contributed by atoms with E-state index in [0.29, 0.717) is 6.04 Å². The molecule has 0 radical (unpaired) electrons. The highest BCUT2D eigenvalue weighted by atomic mass is 35.5. The van der Waals surface area contributed by atoms with Crippen LogP contribution < -0.4 is 5.32 Å². The SMILES string of the molecule is COC[C@@H](C)NCc1ccc(Cl)cc1. The third kappa shape index (κ3) is 4.09. The summed E-state index contributed by atoms with van der Waals surface area (Å²) in [6, 6.07) is 8.22. The van der Waals surface area contributed by atoms with Gasteiger partial charge in [0, 0.05) is 24.7 Å². The summed E-state index contributed by atoms with van der Waals surface area (Å²) >= 11 is 5.78. The van der Waals surface area contributed by atoms with Gasteiger partial charge in [0.1, 0.15) is 0 Å². The van der Waals surface area contributed by atoms with Crippen LogP contribution in [0.4, 0.5) is 0 Å². The van der Waals surface area contributed by atoms with E-state index in [2.05, 4.69) is 12.2 Å². The summed E-state index contributed by atoms with van der Waals surface area (Å²) in [5.41, 5.74) is 1.23. The van der Waals surface area contributed by atoms with E-state index < -0.39 is 0 Å². The lowest BCUT2D eigenvalue weighted by molar-refractivity contribution is 0.171. The second-order valence-corrected chi connectivity index (χ2v) is 3.80. The van der Waals surface area contributed by atoms with Crippen molar-refractivity contribution >= 4 is 11.6 Å². The molecule has 1 N–H and O–H groups in total. The van der Waals surface area contributed by atoms with E-state index in [-0.39, 0.29) is 0 Å². The summed E-state index contributed by atoms with van der Waals surface area (Å²) in [5, 5.41) is 4.13. The first-order valence-corrected chi connectivity index (χ1v) is 5.07. The van der Waals surface area contributed by atoms with Crippen LogP contribution in [0.15, 0.2) is 24.3 Å². The van der Waals surface area contributed by atoms with Gasteiger partial charge in [-0.3, -0.25) is 0 Å². The third-order valence-corrected chi connectivity index (χ3v) is 2.24. The maximum Gasteiger partial charge on any atom is 0.0613 e. The van der Waals surface area contributed by atoms with Gasteiger partial charge < -0.3 is 10.1 Å². The number of hydrogen-bond donors (Lipinski definition) is 1. The highest BCUT2D eigenvalue weighted by molar-refractivity contribution is 6.30. The van der Waals surface area contributed by atoms with Gasteiger partial charge in [-0.25, -0.2) is 0 Å². The smallest absolute Gasteiger partial charge is 0.0613 e. The number of hydrogen-bond acceptors (Lipinski definition) is 2. The van der Waals surface area contributed by atoms with Gasteiger partial charge in [0.05, 0.1) is 6.61 Å². The summed E-state index contributed by atoms with van der Waals surface area (Å²) in [4.78, 5) is 0. The predicted octanol–water partition coefficient (Wildman–Crippen LogP) is 2.46. The van der Waals surface area contributed by atoms with Crippen molar-refractivity contribution in [1.29, 1.82) is 0 Å². The van der Waals surface area contributed by atoms with Gasteiger partial charge in [-0.1, -0.05) is 23.7 Å². The van der Waals surface area contributed by atoms with Crippen molar-refractivity contribution in [2.75, 3.05) is 13.7 Å². The molecule has 0 aromatic heterocycles. The molecular weight excluding hydrogens is 198 g/mol. The first kappa shape index (κ1) is 11.5. The van der Waals surface area contributed by atoms with Crippen LogP contribution in [-0.4, -0.2) is 19.8 Å². The summed E-state index contributed by atoms with van der Waals surface area (Å²) < 4.78 is 5.03. The molecule has 0 spiro atoms. The Morgan fingerprint density at radius 1 is 1.36 bits per heavy atom. The van der Waals surface area contributed by atoms with Crippen LogP contribution in [0.2, 0.25) is 5.02 Å². The molecule has 14 heavy (non-hydrogen) atoms. The fraction of sp³-hybridized carbons (Fsp3) is 0.455. The number of ether oxygens (including phenoxy) is 1. The van der Waals surface area contributed by atoms with Crippen molar-refractivity contribution in [3.05, 3.63) is 34.9 Å². The van der Waals surface area contributed by atoms with E-state index in [1.165, 1.54) is 5.56 Å². The first-order chi connectivity index (χ1) is 6.72. The van der Waals surface area contributed by atoms with Crippen molar-refractivity contribution in [2.45, 2.75) is 19.5 Å². The van der Waals surface area contributed by atoms with Gasteiger partial charge >= 0.3 is 0 Å². The zero-order valence-corrected chi connectivity index (χ0v) is 9.34. The highest BCUT2D eigenvalue weighted by Gasteiger charge is 1.99. The molecule has 0 saturated carbocycles. The molecule has 1 atom stereocenters. The molecule has 0 saturated heterocycles. The Balaban J connectivity index is 2.34. The van der Waals surface area contributed by atoms with Crippen molar-refractivity contribution in [1.82, 2.24) is 5.32 Å². The first-order valence-electron chi connectivity index (χ1n) is 4.69. The van der Waals surface area contributed by atoms with Crippen LogP contribution in [0.1, 0.15) is 12.5 Å². The Kier molecular flexibility index (Phi) is 4.94. The summed E-state index contributed by atoms with van der Waals surface area (Å²) in [6.45, 7) is 3.68. The molecule has 0 aliphatic carbocycles. The molecule has 1 aromatic rings. The average Bonchev–Trinajstić information content (AvgIpc) is 2.17. The Morgan fingerprint density at radius 3 is 2.57 bits per heavy atom. The van der Waals surface area contributed by atoms with Gasteiger partial charge in [0.2, 0.25) is 0 Å². The molecule has 1 rings (SSSR count). The molecule has 0 aliphatic heterocycles. The largest absolute Gasteiger partial charge is 0.383 e. The molecule has 0 bridgehead atoms.